The Balaban J connectivity index is 0.00000220. The van der Waals surface area contributed by atoms with Gasteiger partial charge in [0.2, 0.25) is 5.91 Å². The zero-order valence-electron chi connectivity index (χ0n) is 13.5. The van der Waals surface area contributed by atoms with Crippen LogP contribution in [0.4, 0.5) is 0 Å². The summed E-state index contributed by atoms with van der Waals surface area (Å²) in [7, 11) is 0. The lowest BCUT2D eigenvalue weighted by molar-refractivity contribution is -0.127. The Hall–Kier alpha value is -0.810. The average molecular weight is 348 g/mol. The number of hydrogen-bond donors (Lipinski definition) is 2. The largest absolute Gasteiger partial charge is 0.349 e. The summed E-state index contributed by atoms with van der Waals surface area (Å²) in [5.41, 5.74) is 8.05. The predicted molar refractivity (Wildman–Crippen MR) is 95.8 cm³/mol. The van der Waals surface area contributed by atoms with Crippen molar-refractivity contribution in [2.75, 3.05) is 13.1 Å². The molecule has 1 unspecified atom stereocenters. The van der Waals surface area contributed by atoms with E-state index in [0.717, 1.165) is 19.5 Å². The van der Waals surface area contributed by atoms with E-state index in [4.69, 9.17) is 5.73 Å². The monoisotopic (exact) mass is 347 g/mol. The van der Waals surface area contributed by atoms with E-state index in [1.807, 2.05) is 20.8 Å². The molecular weight excluding hydrogens is 321 g/mol. The van der Waals surface area contributed by atoms with Gasteiger partial charge < -0.3 is 11.1 Å². The normalized spacial score (nSPS) is 15.8. The third kappa shape index (κ3) is 5.13. The Bertz CT molecular complexity index is 494. The van der Waals surface area contributed by atoms with Crippen molar-refractivity contribution in [1.82, 2.24) is 10.2 Å². The van der Waals surface area contributed by atoms with Crippen molar-refractivity contribution >= 4 is 30.7 Å². The van der Waals surface area contributed by atoms with Crippen LogP contribution in [-0.4, -0.2) is 35.5 Å². The van der Waals surface area contributed by atoms with E-state index < -0.39 is 0 Å². The van der Waals surface area contributed by atoms with Crippen molar-refractivity contribution in [3.63, 3.8) is 0 Å². The van der Waals surface area contributed by atoms with Crippen LogP contribution in [-0.2, 0) is 17.8 Å². The van der Waals surface area contributed by atoms with Crippen molar-refractivity contribution in [2.24, 2.45) is 5.73 Å². The molecule has 0 bridgehead atoms. The Morgan fingerprint density at radius 3 is 2.50 bits per heavy atom. The summed E-state index contributed by atoms with van der Waals surface area (Å²) in [5, 5.41) is 3.02. The lowest BCUT2D eigenvalue weighted by Crippen LogP contribution is -2.55. The quantitative estimate of drug-likeness (QED) is 0.876. The minimum Gasteiger partial charge on any atom is -0.349 e. The number of nitrogens with two attached hydrogens (primary N) is 1. The Kier molecular flexibility index (Phi) is 8.40. The smallest absolute Gasteiger partial charge is 0.237 e. The van der Waals surface area contributed by atoms with E-state index in [2.05, 4.69) is 34.5 Å². The Morgan fingerprint density at radius 1 is 1.32 bits per heavy atom. The van der Waals surface area contributed by atoms with Gasteiger partial charge in [0.15, 0.2) is 0 Å². The topological polar surface area (TPSA) is 58.4 Å². The maximum absolute atomic E-state index is 12.3. The molecule has 0 spiro atoms. The second kappa shape index (κ2) is 8.73. The summed E-state index contributed by atoms with van der Waals surface area (Å²) in [4.78, 5) is 14.5. The second-order valence-electron chi connectivity index (χ2n) is 6.24. The molecule has 1 atom stereocenters. The number of halogens is 2. The number of carbonyl (C=O) groups excluding carboxylic acids is 1. The summed E-state index contributed by atoms with van der Waals surface area (Å²) in [6.45, 7) is 8.07. The van der Waals surface area contributed by atoms with Crippen molar-refractivity contribution < 1.29 is 4.79 Å². The van der Waals surface area contributed by atoms with Crippen LogP contribution in [0, 0.1) is 0 Å². The molecule has 1 aliphatic rings. The number of rotatable bonds is 4. The summed E-state index contributed by atoms with van der Waals surface area (Å²) < 4.78 is 0. The van der Waals surface area contributed by atoms with Crippen LogP contribution in [0.3, 0.4) is 0 Å². The number of nitrogens with zero attached hydrogens (tertiary/aromatic N) is 1. The molecule has 4 nitrogen and oxygen atoms in total. The molecule has 1 aliphatic heterocycles. The first-order valence-electron chi connectivity index (χ1n) is 7.26. The van der Waals surface area contributed by atoms with Crippen molar-refractivity contribution in [2.45, 2.75) is 45.3 Å². The van der Waals surface area contributed by atoms with Gasteiger partial charge in [-0.1, -0.05) is 24.3 Å². The molecule has 0 radical (unpaired) electrons. The third-order valence-corrected chi connectivity index (χ3v) is 4.06. The molecule has 1 aromatic carbocycles. The van der Waals surface area contributed by atoms with E-state index in [1.54, 1.807) is 0 Å². The average Bonchev–Trinajstić information content (AvgIpc) is 2.45. The zero-order chi connectivity index (χ0) is 14.8. The van der Waals surface area contributed by atoms with E-state index in [9.17, 15) is 4.79 Å². The highest BCUT2D eigenvalue weighted by molar-refractivity contribution is 5.85. The molecule has 1 aromatic rings. The fraction of sp³-hybridized carbons (Fsp3) is 0.562. The maximum atomic E-state index is 12.3. The second-order valence-corrected chi connectivity index (χ2v) is 6.24. The Morgan fingerprint density at radius 2 is 1.91 bits per heavy atom. The summed E-state index contributed by atoms with van der Waals surface area (Å²) in [5.74, 6) is 0.0554. The fourth-order valence-electron chi connectivity index (χ4n) is 2.50. The molecule has 126 valence electrons. The van der Waals surface area contributed by atoms with Gasteiger partial charge in [0.05, 0.1) is 6.04 Å². The minimum absolute atomic E-state index is 0. The zero-order valence-corrected chi connectivity index (χ0v) is 15.1. The van der Waals surface area contributed by atoms with Gasteiger partial charge in [0, 0.05) is 25.2 Å². The minimum atomic E-state index is -0.348. The van der Waals surface area contributed by atoms with Crippen molar-refractivity contribution in [3.05, 3.63) is 35.4 Å². The number of hydrogen-bond acceptors (Lipinski definition) is 3. The van der Waals surface area contributed by atoms with Gasteiger partial charge in [0.25, 0.3) is 0 Å². The Labute approximate surface area is 145 Å². The van der Waals surface area contributed by atoms with Crippen molar-refractivity contribution in [1.29, 1.82) is 0 Å². The molecule has 0 saturated heterocycles. The van der Waals surface area contributed by atoms with Crippen LogP contribution < -0.4 is 11.1 Å². The lowest BCUT2D eigenvalue weighted by atomic mass is 9.98. The maximum Gasteiger partial charge on any atom is 0.237 e. The molecule has 3 N–H and O–H groups in total. The van der Waals surface area contributed by atoms with Gasteiger partial charge in [-0.25, -0.2) is 0 Å². The van der Waals surface area contributed by atoms with E-state index in [1.165, 1.54) is 11.1 Å². The standard InChI is InChI=1S/C16H25N3O.2ClH/c1-12(15(20)18-16(2,3)11-17)19-9-8-13-6-4-5-7-14(13)10-19;;/h4-7,12H,8-11,17H2,1-3H3,(H,18,20);2*1H. The van der Waals surface area contributed by atoms with Crippen LogP contribution in [0.5, 0.6) is 0 Å². The molecule has 0 saturated carbocycles. The van der Waals surface area contributed by atoms with E-state index >= 15 is 0 Å². The van der Waals surface area contributed by atoms with Crippen LogP contribution >= 0.6 is 24.8 Å². The number of benzene rings is 1. The van der Waals surface area contributed by atoms with Crippen LogP contribution in [0.25, 0.3) is 0 Å². The molecule has 0 fully saturated rings. The molecule has 0 aromatic heterocycles. The van der Waals surface area contributed by atoms with E-state index in [0.29, 0.717) is 6.54 Å². The summed E-state index contributed by atoms with van der Waals surface area (Å²) in [6, 6.07) is 8.33. The highest BCUT2D eigenvalue weighted by Crippen LogP contribution is 2.20. The first-order chi connectivity index (χ1) is 9.43. The van der Waals surface area contributed by atoms with Crippen LogP contribution in [0.2, 0.25) is 0 Å². The third-order valence-electron chi connectivity index (χ3n) is 4.06. The first-order valence-corrected chi connectivity index (χ1v) is 7.26. The molecular formula is C16H27Cl2N3O. The van der Waals surface area contributed by atoms with Gasteiger partial charge in [-0.05, 0) is 38.3 Å². The molecule has 0 aliphatic carbocycles. The van der Waals surface area contributed by atoms with Crippen LogP contribution in [0.1, 0.15) is 31.9 Å². The van der Waals surface area contributed by atoms with Gasteiger partial charge in [0.1, 0.15) is 0 Å². The predicted octanol–water partition coefficient (Wildman–Crippen LogP) is 2.13. The molecule has 1 amide bonds. The van der Waals surface area contributed by atoms with Gasteiger partial charge in [-0.3, -0.25) is 9.69 Å². The van der Waals surface area contributed by atoms with Gasteiger partial charge in [-0.2, -0.15) is 0 Å². The van der Waals surface area contributed by atoms with E-state index in [-0.39, 0.29) is 42.3 Å². The van der Waals surface area contributed by atoms with Crippen molar-refractivity contribution in [3.8, 4) is 0 Å². The number of nitrogens with one attached hydrogen (secondary N) is 1. The van der Waals surface area contributed by atoms with Crippen LogP contribution in [0.15, 0.2) is 24.3 Å². The number of fused-ring (bicyclic) bond motifs is 1. The molecule has 6 heteroatoms. The number of amides is 1. The summed E-state index contributed by atoms with van der Waals surface area (Å²) in [6.07, 6.45) is 1.01. The first kappa shape index (κ1) is 21.2. The molecule has 1 heterocycles. The summed E-state index contributed by atoms with van der Waals surface area (Å²) >= 11 is 0. The number of carbonyl (C=O) groups is 1. The highest BCUT2D eigenvalue weighted by atomic mass is 35.5. The fourth-order valence-corrected chi connectivity index (χ4v) is 2.50. The van der Waals surface area contributed by atoms with Gasteiger partial charge >= 0.3 is 0 Å². The van der Waals surface area contributed by atoms with Gasteiger partial charge in [-0.15, -0.1) is 24.8 Å². The SMILES string of the molecule is CC(C(=O)NC(C)(C)CN)N1CCc2ccccc2C1.Cl.Cl. The lowest BCUT2D eigenvalue weighted by Gasteiger charge is -2.35. The molecule has 2 rings (SSSR count). The molecule has 22 heavy (non-hydrogen) atoms. The highest BCUT2D eigenvalue weighted by Gasteiger charge is 2.28.